The van der Waals surface area contributed by atoms with Crippen LogP contribution in [0.3, 0.4) is 0 Å². The average molecular weight is 140 g/mol. The molecule has 1 aromatic heterocycles. The molecule has 0 radical (unpaired) electrons. The van der Waals surface area contributed by atoms with Crippen LogP contribution in [0.4, 0.5) is 0 Å². The number of aldehydes is 1. The standard InChI is InChI=1S/C5H5BO4/c7-1-4-2-10-3-5(4)6(8)9/h1-3,8-9H. The number of carbonyl (C=O) groups is 1. The maximum Gasteiger partial charge on any atom is 0.492 e. The van der Waals surface area contributed by atoms with Gasteiger partial charge in [0.25, 0.3) is 0 Å². The molecule has 0 bridgehead atoms. The van der Waals surface area contributed by atoms with Gasteiger partial charge < -0.3 is 14.5 Å². The summed E-state index contributed by atoms with van der Waals surface area (Å²) in [4.78, 5) is 10.1. The summed E-state index contributed by atoms with van der Waals surface area (Å²) < 4.78 is 4.55. The first-order chi connectivity index (χ1) is 4.75. The van der Waals surface area contributed by atoms with Gasteiger partial charge in [0.05, 0.1) is 11.8 Å². The van der Waals surface area contributed by atoms with Gasteiger partial charge >= 0.3 is 7.12 Å². The second-order valence-electron chi connectivity index (χ2n) is 1.77. The second kappa shape index (κ2) is 2.68. The summed E-state index contributed by atoms with van der Waals surface area (Å²) in [6.45, 7) is 0. The molecule has 0 saturated heterocycles. The van der Waals surface area contributed by atoms with Gasteiger partial charge in [0, 0.05) is 5.46 Å². The Bertz CT molecular complexity index is 229. The Balaban J connectivity index is 3.01. The minimum Gasteiger partial charge on any atom is -0.472 e. The molecule has 1 heterocycles. The van der Waals surface area contributed by atoms with Crippen molar-refractivity contribution in [1.82, 2.24) is 0 Å². The summed E-state index contributed by atoms with van der Waals surface area (Å²) in [5.74, 6) is 0. The molecule has 1 aromatic rings. The fourth-order valence-corrected chi connectivity index (χ4v) is 0.622. The molecule has 0 aromatic carbocycles. The molecule has 52 valence electrons. The monoisotopic (exact) mass is 140 g/mol. The van der Waals surface area contributed by atoms with Crippen LogP contribution in [0.15, 0.2) is 16.9 Å². The zero-order valence-electron chi connectivity index (χ0n) is 5.02. The Morgan fingerprint density at radius 2 is 2.20 bits per heavy atom. The maximum atomic E-state index is 10.1. The normalized spacial score (nSPS) is 9.40. The summed E-state index contributed by atoms with van der Waals surface area (Å²) in [6, 6.07) is 0. The number of hydrogen-bond donors (Lipinski definition) is 2. The van der Waals surface area contributed by atoms with Gasteiger partial charge in [0.15, 0.2) is 6.29 Å². The van der Waals surface area contributed by atoms with E-state index in [0.29, 0.717) is 6.29 Å². The zero-order chi connectivity index (χ0) is 7.56. The topological polar surface area (TPSA) is 70.7 Å². The van der Waals surface area contributed by atoms with Crippen molar-refractivity contribution < 1.29 is 19.3 Å². The van der Waals surface area contributed by atoms with Crippen molar-refractivity contribution in [2.75, 3.05) is 0 Å². The van der Waals surface area contributed by atoms with Crippen LogP contribution in [0, 0.1) is 0 Å². The van der Waals surface area contributed by atoms with E-state index in [1.807, 2.05) is 0 Å². The third-order valence-corrected chi connectivity index (χ3v) is 1.13. The van der Waals surface area contributed by atoms with Gasteiger partial charge in [0.2, 0.25) is 0 Å². The smallest absolute Gasteiger partial charge is 0.472 e. The molecule has 2 N–H and O–H groups in total. The summed E-state index contributed by atoms with van der Waals surface area (Å²) in [5.41, 5.74) is 0.255. The van der Waals surface area contributed by atoms with Crippen LogP contribution >= 0.6 is 0 Å². The van der Waals surface area contributed by atoms with Gasteiger partial charge in [-0.2, -0.15) is 0 Å². The molecule has 0 spiro atoms. The Hall–Kier alpha value is -1.07. The average Bonchev–Trinajstić information content (AvgIpc) is 2.33. The number of rotatable bonds is 2. The van der Waals surface area contributed by atoms with Crippen LogP contribution in [0.25, 0.3) is 0 Å². The molecular formula is C5H5BO4. The van der Waals surface area contributed by atoms with Gasteiger partial charge in [-0.05, 0) is 0 Å². The first-order valence-corrected chi connectivity index (χ1v) is 2.63. The molecular weight excluding hydrogens is 135 g/mol. The molecule has 0 aliphatic carbocycles. The van der Waals surface area contributed by atoms with E-state index in [1.54, 1.807) is 0 Å². The SMILES string of the molecule is O=Cc1cocc1B(O)O. The summed E-state index contributed by atoms with van der Waals surface area (Å²) in [6.07, 6.45) is 2.77. The Labute approximate surface area is 57.2 Å². The third-order valence-electron chi connectivity index (χ3n) is 1.13. The largest absolute Gasteiger partial charge is 0.492 e. The van der Waals surface area contributed by atoms with Crippen LogP contribution in [0.1, 0.15) is 10.4 Å². The van der Waals surface area contributed by atoms with Crippen molar-refractivity contribution >= 4 is 18.9 Å². The lowest BCUT2D eigenvalue weighted by molar-refractivity contribution is 0.112. The number of hydrogen-bond acceptors (Lipinski definition) is 4. The van der Waals surface area contributed by atoms with Crippen LogP contribution in [0.5, 0.6) is 0 Å². The predicted molar refractivity (Wildman–Crippen MR) is 33.9 cm³/mol. The van der Waals surface area contributed by atoms with E-state index in [4.69, 9.17) is 10.0 Å². The van der Waals surface area contributed by atoms with Crippen LogP contribution in [-0.2, 0) is 0 Å². The highest BCUT2D eigenvalue weighted by molar-refractivity contribution is 6.59. The Kier molecular flexibility index (Phi) is 1.89. The summed E-state index contributed by atoms with van der Waals surface area (Å²) in [5, 5.41) is 17.1. The minimum atomic E-state index is -1.64. The van der Waals surface area contributed by atoms with E-state index >= 15 is 0 Å². The molecule has 5 heteroatoms. The molecule has 0 fully saturated rings. The van der Waals surface area contributed by atoms with Gasteiger partial charge in [-0.25, -0.2) is 0 Å². The Morgan fingerprint density at radius 1 is 1.50 bits per heavy atom. The number of furan rings is 1. The van der Waals surface area contributed by atoms with E-state index in [1.165, 1.54) is 0 Å². The van der Waals surface area contributed by atoms with Crippen molar-refractivity contribution in [2.45, 2.75) is 0 Å². The highest BCUT2D eigenvalue weighted by Gasteiger charge is 2.17. The van der Waals surface area contributed by atoms with E-state index in [9.17, 15) is 4.79 Å². The van der Waals surface area contributed by atoms with Gasteiger partial charge in [-0.1, -0.05) is 0 Å². The summed E-state index contributed by atoms with van der Waals surface area (Å²) >= 11 is 0. The molecule has 1 rings (SSSR count). The molecule has 0 aliphatic rings. The van der Waals surface area contributed by atoms with Crippen molar-refractivity contribution in [3.63, 3.8) is 0 Å². The van der Waals surface area contributed by atoms with E-state index in [-0.39, 0.29) is 11.0 Å². The van der Waals surface area contributed by atoms with Gasteiger partial charge in [0.1, 0.15) is 6.26 Å². The van der Waals surface area contributed by atoms with Crippen LogP contribution in [-0.4, -0.2) is 23.5 Å². The molecule has 0 aliphatic heterocycles. The van der Waals surface area contributed by atoms with Crippen LogP contribution < -0.4 is 5.46 Å². The molecule has 0 atom stereocenters. The van der Waals surface area contributed by atoms with Crippen LogP contribution in [0.2, 0.25) is 0 Å². The maximum absolute atomic E-state index is 10.1. The quantitative estimate of drug-likeness (QED) is 0.398. The van der Waals surface area contributed by atoms with Crippen molar-refractivity contribution in [3.05, 3.63) is 18.1 Å². The third kappa shape index (κ3) is 1.10. The van der Waals surface area contributed by atoms with E-state index in [0.717, 1.165) is 12.5 Å². The molecule has 0 unspecified atom stereocenters. The first-order valence-electron chi connectivity index (χ1n) is 2.63. The first kappa shape index (κ1) is 7.05. The highest BCUT2D eigenvalue weighted by atomic mass is 16.4. The lowest BCUT2D eigenvalue weighted by Crippen LogP contribution is -2.31. The van der Waals surface area contributed by atoms with Gasteiger partial charge in [-0.15, -0.1) is 0 Å². The minimum absolute atomic E-state index is 0.0926. The molecule has 10 heavy (non-hydrogen) atoms. The van der Waals surface area contributed by atoms with E-state index in [2.05, 4.69) is 4.42 Å². The lowest BCUT2D eigenvalue weighted by atomic mass is 9.80. The van der Waals surface area contributed by atoms with Crippen molar-refractivity contribution in [3.8, 4) is 0 Å². The predicted octanol–water partition coefficient (Wildman–Crippen LogP) is -1.23. The van der Waals surface area contributed by atoms with Crippen molar-refractivity contribution in [1.29, 1.82) is 0 Å². The molecule has 0 saturated carbocycles. The zero-order valence-corrected chi connectivity index (χ0v) is 5.02. The number of carbonyl (C=O) groups excluding carboxylic acids is 1. The van der Waals surface area contributed by atoms with Gasteiger partial charge in [-0.3, -0.25) is 4.79 Å². The highest BCUT2D eigenvalue weighted by Crippen LogP contribution is 1.93. The fraction of sp³-hybridized carbons (Fsp3) is 0. The molecule has 4 nitrogen and oxygen atoms in total. The Morgan fingerprint density at radius 3 is 2.60 bits per heavy atom. The van der Waals surface area contributed by atoms with Crippen molar-refractivity contribution in [2.24, 2.45) is 0 Å². The fourth-order valence-electron chi connectivity index (χ4n) is 0.622. The second-order valence-corrected chi connectivity index (χ2v) is 1.77. The lowest BCUT2D eigenvalue weighted by Gasteiger charge is -1.90. The van der Waals surface area contributed by atoms with E-state index < -0.39 is 7.12 Å². The molecule has 0 amide bonds. The summed E-state index contributed by atoms with van der Waals surface area (Å²) in [7, 11) is -1.64.